The molecule has 0 saturated carbocycles. The quantitative estimate of drug-likeness (QED) is 0.843. The zero-order chi connectivity index (χ0) is 13.8. The van der Waals surface area contributed by atoms with Crippen molar-refractivity contribution in [3.05, 3.63) is 29.8 Å². The molecule has 0 bridgehead atoms. The molecule has 1 N–H and O–H groups in total. The van der Waals surface area contributed by atoms with Crippen molar-refractivity contribution in [1.82, 2.24) is 4.90 Å². The highest BCUT2D eigenvalue weighted by atomic mass is 32.2. The molecular weight excluding hydrogens is 254 g/mol. The molecule has 0 radical (unpaired) electrons. The molecule has 0 atom stereocenters. The Morgan fingerprint density at radius 3 is 2.61 bits per heavy atom. The molecule has 0 heterocycles. The Bertz CT molecular complexity index is 525. The Kier molecular flexibility index (Phi) is 4.72. The van der Waals surface area contributed by atoms with Gasteiger partial charge in [-0.05, 0) is 17.7 Å². The molecule has 0 fully saturated rings. The standard InChI is InChI=1S/C12H17NO4S/c1-13(6-7-18(2,16)17)12(15)9-10-4-3-5-11(14)8-10/h3-5,8,14H,6-7,9H2,1-2H3. The molecule has 0 aliphatic heterocycles. The lowest BCUT2D eigenvalue weighted by molar-refractivity contribution is -0.128. The molecule has 1 amide bonds. The molecule has 1 aromatic carbocycles. The summed E-state index contributed by atoms with van der Waals surface area (Å²) < 4.78 is 22.0. The van der Waals surface area contributed by atoms with Gasteiger partial charge in [-0.15, -0.1) is 0 Å². The number of sulfone groups is 1. The molecule has 5 nitrogen and oxygen atoms in total. The summed E-state index contributed by atoms with van der Waals surface area (Å²) in [5.74, 6) is -0.113. The Morgan fingerprint density at radius 1 is 1.39 bits per heavy atom. The number of rotatable bonds is 5. The second-order valence-electron chi connectivity index (χ2n) is 4.29. The van der Waals surface area contributed by atoms with Gasteiger partial charge in [0, 0.05) is 19.8 Å². The van der Waals surface area contributed by atoms with Crippen molar-refractivity contribution in [3.8, 4) is 5.75 Å². The van der Waals surface area contributed by atoms with E-state index in [1.54, 1.807) is 19.2 Å². The van der Waals surface area contributed by atoms with Gasteiger partial charge >= 0.3 is 0 Å². The topological polar surface area (TPSA) is 74.7 Å². The number of hydrogen-bond acceptors (Lipinski definition) is 4. The lowest BCUT2D eigenvalue weighted by Gasteiger charge is -2.16. The average molecular weight is 271 g/mol. The first-order valence-corrected chi connectivity index (χ1v) is 7.53. The Morgan fingerprint density at radius 2 is 2.06 bits per heavy atom. The maximum atomic E-state index is 11.8. The van der Waals surface area contributed by atoms with Crippen LogP contribution in [-0.4, -0.2) is 49.9 Å². The van der Waals surface area contributed by atoms with Crippen LogP contribution in [-0.2, 0) is 21.1 Å². The highest BCUT2D eigenvalue weighted by Gasteiger charge is 2.12. The number of benzene rings is 1. The summed E-state index contributed by atoms with van der Waals surface area (Å²) in [5.41, 5.74) is 0.700. The predicted molar refractivity (Wildman–Crippen MR) is 69.2 cm³/mol. The first-order chi connectivity index (χ1) is 8.28. The van der Waals surface area contributed by atoms with E-state index in [1.807, 2.05) is 0 Å². The summed E-state index contributed by atoms with van der Waals surface area (Å²) in [7, 11) is -1.50. The van der Waals surface area contributed by atoms with Crippen molar-refractivity contribution in [2.75, 3.05) is 25.6 Å². The van der Waals surface area contributed by atoms with Crippen molar-refractivity contribution in [3.63, 3.8) is 0 Å². The molecule has 0 aliphatic rings. The van der Waals surface area contributed by atoms with E-state index < -0.39 is 9.84 Å². The second kappa shape index (κ2) is 5.86. The molecule has 0 saturated heterocycles. The highest BCUT2D eigenvalue weighted by molar-refractivity contribution is 7.90. The van der Waals surface area contributed by atoms with Crippen molar-refractivity contribution >= 4 is 15.7 Å². The van der Waals surface area contributed by atoms with Crippen molar-refractivity contribution in [1.29, 1.82) is 0 Å². The first-order valence-electron chi connectivity index (χ1n) is 5.47. The van der Waals surface area contributed by atoms with E-state index in [-0.39, 0.29) is 30.4 Å². The van der Waals surface area contributed by atoms with Crippen molar-refractivity contribution in [2.24, 2.45) is 0 Å². The third-order valence-corrected chi connectivity index (χ3v) is 3.41. The van der Waals surface area contributed by atoms with Gasteiger partial charge in [0.15, 0.2) is 0 Å². The Balaban J connectivity index is 2.55. The number of aromatic hydroxyl groups is 1. The van der Waals surface area contributed by atoms with Crippen LogP contribution >= 0.6 is 0 Å². The number of carbonyl (C=O) groups is 1. The van der Waals surface area contributed by atoms with Crippen LogP contribution in [0.15, 0.2) is 24.3 Å². The number of phenolic OH excluding ortho intramolecular Hbond substituents is 1. The number of likely N-dealkylation sites (N-methyl/N-ethyl adjacent to an activating group) is 1. The fraction of sp³-hybridized carbons (Fsp3) is 0.417. The molecule has 0 spiro atoms. The fourth-order valence-corrected chi connectivity index (χ4v) is 2.01. The van der Waals surface area contributed by atoms with Crippen LogP contribution in [0.3, 0.4) is 0 Å². The number of amides is 1. The van der Waals surface area contributed by atoms with E-state index in [0.717, 1.165) is 6.26 Å². The zero-order valence-corrected chi connectivity index (χ0v) is 11.3. The third kappa shape index (κ3) is 5.18. The van der Waals surface area contributed by atoms with E-state index in [4.69, 9.17) is 0 Å². The largest absolute Gasteiger partial charge is 0.508 e. The summed E-state index contributed by atoms with van der Waals surface area (Å²) >= 11 is 0. The van der Waals surface area contributed by atoms with E-state index in [0.29, 0.717) is 5.56 Å². The SMILES string of the molecule is CN(CCS(C)(=O)=O)C(=O)Cc1cccc(O)c1. The average Bonchev–Trinajstić information content (AvgIpc) is 2.24. The van der Waals surface area contributed by atoms with E-state index >= 15 is 0 Å². The minimum Gasteiger partial charge on any atom is -0.508 e. The predicted octanol–water partition coefficient (Wildman–Crippen LogP) is 0.438. The van der Waals surface area contributed by atoms with Crippen molar-refractivity contribution in [2.45, 2.75) is 6.42 Å². The van der Waals surface area contributed by atoms with Crippen LogP contribution in [0.25, 0.3) is 0 Å². The van der Waals surface area contributed by atoms with Crippen LogP contribution in [0.2, 0.25) is 0 Å². The number of hydrogen-bond donors (Lipinski definition) is 1. The minimum absolute atomic E-state index is 0.0463. The van der Waals surface area contributed by atoms with Gasteiger partial charge in [0.05, 0.1) is 12.2 Å². The molecule has 1 aromatic rings. The van der Waals surface area contributed by atoms with E-state index in [1.165, 1.54) is 17.0 Å². The van der Waals surface area contributed by atoms with Crippen LogP contribution in [0.4, 0.5) is 0 Å². The molecule has 18 heavy (non-hydrogen) atoms. The van der Waals surface area contributed by atoms with Gasteiger partial charge in [-0.3, -0.25) is 4.79 Å². The maximum absolute atomic E-state index is 11.8. The van der Waals surface area contributed by atoms with Gasteiger partial charge in [0.1, 0.15) is 15.6 Å². The van der Waals surface area contributed by atoms with Crippen LogP contribution < -0.4 is 0 Å². The number of carbonyl (C=O) groups excluding carboxylic acids is 1. The maximum Gasteiger partial charge on any atom is 0.226 e. The fourth-order valence-electron chi connectivity index (χ4n) is 1.40. The molecule has 1 rings (SSSR count). The molecular formula is C12H17NO4S. The normalized spacial score (nSPS) is 11.2. The third-order valence-electron chi connectivity index (χ3n) is 2.49. The smallest absolute Gasteiger partial charge is 0.226 e. The van der Waals surface area contributed by atoms with Gasteiger partial charge in [-0.1, -0.05) is 12.1 Å². The summed E-state index contributed by atoms with van der Waals surface area (Å²) in [6, 6.07) is 6.44. The summed E-state index contributed by atoms with van der Waals surface area (Å²) in [4.78, 5) is 13.2. The Labute approximate surface area is 107 Å². The second-order valence-corrected chi connectivity index (χ2v) is 6.55. The Hall–Kier alpha value is -1.56. The van der Waals surface area contributed by atoms with Gasteiger partial charge < -0.3 is 10.0 Å². The van der Waals surface area contributed by atoms with E-state index in [2.05, 4.69) is 0 Å². The van der Waals surface area contributed by atoms with Gasteiger partial charge in [0.2, 0.25) is 5.91 Å². The monoisotopic (exact) mass is 271 g/mol. The minimum atomic E-state index is -3.07. The van der Waals surface area contributed by atoms with Crippen LogP contribution in [0.1, 0.15) is 5.56 Å². The molecule has 0 aliphatic carbocycles. The van der Waals surface area contributed by atoms with Crippen molar-refractivity contribution < 1.29 is 18.3 Å². The lowest BCUT2D eigenvalue weighted by atomic mass is 10.1. The van der Waals surface area contributed by atoms with Gasteiger partial charge in [-0.25, -0.2) is 8.42 Å². The first kappa shape index (κ1) is 14.5. The summed E-state index contributed by atoms with van der Waals surface area (Å²) in [5, 5.41) is 9.27. The van der Waals surface area contributed by atoms with Gasteiger partial charge in [0.25, 0.3) is 0 Å². The lowest BCUT2D eigenvalue weighted by Crippen LogP contribution is -2.32. The summed E-state index contributed by atoms with van der Waals surface area (Å²) in [6.45, 7) is 0.177. The number of phenols is 1. The van der Waals surface area contributed by atoms with E-state index in [9.17, 15) is 18.3 Å². The van der Waals surface area contributed by atoms with Crippen LogP contribution in [0.5, 0.6) is 5.75 Å². The highest BCUT2D eigenvalue weighted by Crippen LogP contribution is 2.11. The molecule has 0 aromatic heterocycles. The summed E-state index contributed by atoms with van der Waals surface area (Å²) in [6.07, 6.45) is 1.29. The molecule has 6 heteroatoms. The van der Waals surface area contributed by atoms with Gasteiger partial charge in [-0.2, -0.15) is 0 Å². The zero-order valence-electron chi connectivity index (χ0n) is 10.5. The molecule has 0 unspecified atom stereocenters. The number of nitrogens with zero attached hydrogens (tertiary/aromatic N) is 1. The van der Waals surface area contributed by atoms with Crippen LogP contribution in [0, 0.1) is 0 Å². The molecule has 100 valence electrons.